The van der Waals surface area contributed by atoms with Crippen molar-refractivity contribution in [3.05, 3.63) is 47.4 Å². The van der Waals surface area contributed by atoms with Crippen LogP contribution in [0.25, 0.3) is 0 Å². The lowest BCUT2D eigenvalue weighted by Crippen LogP contribution is -2.13. The Hall–Kier alpha value is -2.14. The number of phenolic OH excluding ortho intramolecular Hbond substituents is 1. The molecular formula is C11H8ClN3O2. The molecule has 86 valence electrons. The first-order valence-corrected chi connectivity index (χ1v) is 5.11. The molecule has 2 rings (SSSR count). The molecule has 0 aliphatic rings. The van der Waals surface area contributed by atoms with Crippen molar-refractivity contribution in [2.24, 2.45) is 0 Å². The van der Waals surface area contributed by atoms with Gasteiger partial charge in [0.1, 0.15) is 10.9 Å². The van der Waals surface area contributed by atoms with E-state index >= 15 is 0 Å². The molecule has 1 amide bonds. The third kappa shape index (κ3) is 2.70. The van der Waals surface area contributed by atoms with Crippen LogP contribution < -0.4 is 5.32 Å². The molecule has 2 aromatic rings. The number of anilines is 1. The molecule has 0 aliphatic heterocycles. The molecule has 0 saturated carbocycles. The Labute approximate surface area is 102 Å². The molecule has 0 fully saturated rings. The molecule has 17 heavy (non-hydrogen) atoms. The van der Waals surface area contributed by atoms with E-state index in [0.29, 0.717) is 0 Å². The minimum absolute atomic E-state index is 0.0908. The van der Waals surface area contributed by atoms with Gasteiger partial charge in [-0.2, -0.15) is 0 Å². The molecule has 1 heterocycles. The first-order chi connectivity index (χ1) is 8.16. The van der Waals surface area contributed by atoms with E-state index in [1.54, 1.807) is 12.1 Å². The Kier molecular flexibility index (Phi) is 3.20. The fourth-order valence-corrected chi connectivity index (χ4v) is 1.32. The van der Waals surface area contributed by atoms with Crippen LogP contribution in [0.5, 0.6) is 5.75 Å². The van der Waals surface area contributed by atoms with Crippen LogP contribution in [-0.2, 0) is 0 Å². The number of aromatic nitrogens is 2. The SMILES string of the molecule is O=C(Nc1cnc(Cl)cn1)c1ccccc1O. The van der Waals surface area contributed by atoms with Crippen molar-refractivity contribution >= 4 is 23.3 Å². The van der Waals surface area contributed by atoms with Crippen molar-refractivity contribution in [2.45, 2.75) is 0 Å². The zero-order valence-corrected chi connectivity index (χ0v) is 9.35. The summed E-state index contributed by atoms with van der Waals surface area (Å²) in [7, 11) is 0. The van der Waals surface area contributed by atoms with Crippen molar-refractivity contribution in [2.75, 3.05) is 5.32 Å². The number of benzene rings is 1. The summed E-state index contributed by atoms with van der Waals surface area (Å²) in [5.74, 6) is -0.283. The number of carbonyl (C=O) groups is 1. The highest BCUT2D eigenvalue weighted by Crippen LogP contribution is 2.16. The van der Waals surface area contributed by atoms with Crippen LogP contribution in [0.2, 0.25) is 5.15 Å². The summed E-state index contributed by atoms with van der Waals surface area (Å²) in [6.45, 7) is 0. The second-order valence-electron chi connectivity index (χ2n) is 3.20. The molecule has 0 bridgehead atoms. The first kappa shape index (κ1) is 11.3. The molecule has 0 saturated heterocycles. The third-order valence-electron chi connectivity index (χ3n) is 2.01. The molecule has 0 radical (unpaired) electrons. The molecule has 0 atom stereocenters. The van der Waals surface area contributed by atoms with Crippen molar-refractivity contribution in [1.29, 1.82) is 0 Å². The summed E-state index contributed by atoms with van der Waals surface area (Å²) < 4.78 is 0. The van der Waals surface area contributed by atoms with E-state index in [-0.39, 0.29) is 22.3 Å². The van der Waals surface area contributed by atoms with E-state index in [4.69, 9.17) is 11.6 Å². The van der Waals surface area contributed by atoms with E-state index in [1.165, 1.54) is 24.5 Å². The molecule has 5 nitrogen and oxygen atoms in total. The lowest BCUT2D eigenvalue weighted by Gasteiger charge is -2.05. The molecular weight excluding hydrogens is 242 g/mol. The fraction of sp³-hybridized carbons (Fsp3) is 0. The average molecular weight is 250 g/mol. The Balaban J connectivity index is 2.17. The predicted octanol–water partition coefficient (Wildman–Crippen LogP) is 2.09. The van der Waals surface area contributed by atoms with Crippen LogP contribution in [0, 0.1) is 0 Å². The second-order valence-corrected chi connectivity index (χ2v) is 3.58. The minimum atomic E-state index is -0.459. The number of carbonyl (C=O) groups excluding carboxylic acids is 1. The minimum Gasteiger partial charge on any atom is -0.507 e. The average Bonchev–Trinajstić information content (AvgIpc) is 2.32. The quantitative estimate of drug-likeness (QED) is 0.855. The van der Waals surface area contributed by atoms with Gasteiger partial charge in [0.15, 0.2) is 5.82 Å². The van der Waals surface area contributed by atoms with E-state index < -0.39 is 5.91 Å². The van der Waals surface area contributed by atoms with Gasteiger partial charge >= 0.3 is 0 Å². The van der Waals surface area contributed by atoms with E-state index in [2.05, 4.69) is 15.3 Å². The maximum Gasteiger partial charge on any atom is 0.260 e. The zero-order valence-electron chi connectivity index (χ0n) is 8.59. The van der Waals surface area contributed by atoms with Crippen LogP contribution in [0.4, 0.5) is 5.82 Å². The number of para-hydroxylation sites is 1. The van der Waals surface area contributed by atoms with Crippen LogP contribution >= 0.6 is 11.6 Å². The van der Waals surface area contributed by atoms with E-state index in [0.717, 1.165) is 0 Å². The normalized spacial score (nSPS) is 9.94. The number of amides is 1. The monoisotopic (exact) mass is 249 g/mol. The van der Waals surface area contributed by atoms with Gasteiger partial charge in [-0.05, 0) is 12.1 Å². The number of aromatic hydroxyl groups is 1. The largest absolute Gasteiger partial charge is 0.507 e. The van der Waals surface area contributed by atoms with Gasteiger partial charge in [-0.3, -0.25) is 4.79 Å². The number of phenols is 1. The number of nitrogens with one attached hydrogen (secondary N) is 1. The summed E-state index contributed by atoms with van der Waals surface area (Å²) in [4.78, 5) is 19.4. The zero-order chi connectivity index (χ0) is 12.3. The van der Waals surface area contributed by atoms with Crippen LogP contribution in [0.15, 0.2) is 36.7 Å². The summed E-state index contributed by atoms with van der Waals surface area (Å²) in [6, 6.07) is 6.23. The molecule has 6 heteroatoms. The van der Waals surface area contributed by atoms with Gasteiger partial charge in [0, 0.05) is 0 Å². The predicted molar refractivity (Wildman–Crippen MR) is 63.1 cm³/mol. The highest BCUT2D eigenvalue weighted by molar-refractivity contribution is 6.29. The Morgan fingerprint density at radius 1 is 1.24 bits per heavy atom. The van der Waals surface area contributed by atoms with Gasteiger partial charge < -0.3 is 10.4 Å². The Bertz CT molecular complexity index is 543. The smallest absolute Gasteiger partial charge is 0.260 e. The van der Waals surface area contributed by atoms with Gasteiger partial charge in [0.05, 0.1) is 18.0 Å². The van der Waals surface area contributed by atoms with Gasteiger partial charge in [0.2, 0.25) is 0 Å². The van der Waals surface area contributed by atoms with Gasteiger partial charge in [-0.15, -0.1) is 0 Å². The lowest BCUT2D eigenvalue weighted by molar-refractivity contribution is 0.102. The van der Waals surface area contributed by atoms with Crippen molar-refractivity contribution in [3.63, 3.8) is 0 Å². The molecule has 1 aromatic heterocycles. The highest BCUT2D eigenvalue weighted by Gasteiger charge is 2.10. The Morgan fingerprint density at radius 2 is 2.00 bits per heavy atom. The maximum atomic E-state index is 11.7. The van der Waals surface area contributed by atoms with Crippen molar-refractivity contribution in [3.8, 4) is 5.75 Å². The molecule has 0 unspecified atom stereocenters. The van der Waals surface area contributed by atoms with Gasteiger partial charge in [0.25, 0.3) is 5.91 Å². The standard InChI is InChI=1S/C11H8ClN3O2/c12-9-5-14-10(6-13-9)15-11(17)7-3-1-2-4-8(7)16/h1-6,16H,(H,14,15,17). The van der Waals surface area contributed by atoms with Gasteiger partial charge in [-0.25, -0.2) is 9.97 Å². The van der Waals surface area contributed by atoms with Crippen molar-refractivity contribution < 1.29 is 9.90 Å². The topological polar surface area (TPSA) is 75.1 Å². The lowest BCUT2D eigenvalue weighted by atomic mass is 10.2. The number of nitrogens with zero attached hydrogens (tertiary/aromatic N) is 2. The maximum absolute atomic E-state index is 11.7. The number of hydrogen-bond acceptors (Lipinski definition) is 4. The summed E-state index contributed by atoms with van der Waals surface area (Å²) in [5, 5.41) is 12.2. The van der Waals surface area contributed by atoms with Crippen molar-refractivity contribution in [1.82, 2.24) is 9.97 Å². The van der Waals surface area contributed by atoms with Crippen LogP contribution in [0.3, 0.4) is 0 Å². The highest BCUT2D eigenvalue weighted by atomic mass is 35.5. The fourth-order valence-electron chi connectivity index (χ4n) is 1.23. The third-order valence-corrected chi connectivity index (χ3v) is 2.21. The summed E-state index contributed by atoms with van der Waals surface area (Å²) in [5.41, 5.74) is 0.171. The van der Waals surface area contributed by atoms with Crippen LogP contribution in [0.1, 0.15) is 10.4 Å². The molecule has 1 aromatic carbocycles. The molecule has 2 N–H and O–H groups in total. The Morgan fingerprint density at radius 3 is 2.65 bits per heavy atom. The summed E-state index contributed by atoms with van der Waals surface area (Å²) >= 11 is 5.56. The number of halogens is 1. The van der Waals surface area contributed by atoms with Gasteiger partial charge in [-0.1, -0.05) is 23.7 Å². The number of rotatable bonds is 2. The summed E-state index contributed by atoms with van der Waals surface area (Å²) in [6.07, 6.45) is 2.66. The number of hydrogen-bond donors (Lipinski definition) is 2. The van der Waals surface area contributed by atoms with Crippen LogP contribution in [-0.4, -0.2) is 21.0 Å². The first-order valence-electron chi connectivity index (χ1n) is 4.74. The van der Waals surface area contributed by atoms with E-state index in [1.807, 2.05) is 0 Å². The second kappa shape index (κ2) is 4.80. The molecule has 0 spiro atoms. The van der Waals surface area contributed by atoms with E-state index in [9.17, 15) is 9.90 Å². The molecule has 0 aliphatic carbocycles.